The molecule has 0 amide bonds. The summed E-state index contributed by atoms with van der Waals surface area (Å²) in [5.74, 6) is 0. The second kappa shape index (κ2) is 6.51. The molecule has 0 N–H and O–H groups in total. The highest BCUT2D eigenvalue weighted by Crippen LogP contribution is 2.21. The molecule has 0 aliphatic rings. The fourth-order valence-corrected chi connectivity index (χ4v) is 2.33. The van der Waals surface area contributed by atoms with Gasteiger partial charge in [0.05, 0.1) is 0 Å². The lowest BCUT2D eigenvalue weighted by Gasteiger charge is -2.04. The van der Waals surface area contributed by atoms with Crippen molar-refractivity contribution in [3.63, 3.8) is 0 Å². The zero-order chi connectivity index (χ0) is 14.5. The minimum Gasteiger partial charge on any atom is -0.264 e. The third-order valence-electron chi connectivity index (χ3n) is 3.39. The number of hydrogen-bond donors (Lipinski definition) is 0. The van der Waals surface area contributed by atoms with E-state index in [-0.39, 0.29) is 0 Å². The Kier molecular flexibility index (Phi) is 4.27. The van der Waals surface area contributed by atoms with E-state index in [1.165, 1.54) is 5.56 Å². The lowest BCUT2D eigenvalue weighted by Crippen LogP contribution is -1.94. The smallest absolute Gasteiger partial charge is 0.0407 e. The SMILES string of the molecule is Clc1ccc(-c2ccc(CCc3cccnc3)nc2)cc1. The van der Waals surface area contributed by atoms with Crippen LogP contribution in [0, 0.1) is 0 Å². The lowest BCUT2D eigenvalue weighted by atomic mass is 10.1. The number of pyridine rings is 2. The minimum atomic E-state index is 0.750. The Morgan fingerprint density at radius 1 is 0.810 bits per heavy atom. The van der Waals surface area contributed by atoms with Crippen LogP contribution in [0.25, 0.3) is 11.1 Å². The Morgan fingerprint density at radius 2 is 1.62 bits per heavy atom. The first kappa shape index (κ1) is 13.8. The summed E-state index contributed by atoms with van der Waals surface area (Å²) in [6, 6.07) is 16.1. The summed E-state index contributed by atoms with van der Waals surface area (Å²) in [4.78, 5) is 8.67. The van der Waals surface area contributed by atoms with Crippen molar-refractivity contribution in [1.29, 1.82) is 0 Å². The molecule has 0 unspecified atom stereocenters. The van der Waals surface area contributed by atoms with Crippen molar-refractivity contribution in [3.8, 4) is 11.1 Å². The molecular formula is C18H15ClN2. The van der Waals surface area contributed by atoms with Gasteiger partial charge in [0.25, 0.3) is 0 Å². The summed E-state index contributed by atoms with van der Waals surface area (Å²) in [6.07, 6.45) is 7.50. The topological polar surface area (TPSA) is 25.8 Å². The number of rotatable bonds is 4. The molecule has 0 aliphatic heterocycles. The first-order chi connectivity index (χ1) is 10.3. The second-order valence-electron chi connectivity index (χ2n) is 4.91. The number of hydrogen-bond acceptors (Lipinski definition) is 2. The lowest BCUT2D eigenvalue weighted by molar-refractivity contribution is 0.907. The van der Waals surface area contributed by atoms with Crippen molar-refractivity contribution >= 4 is 11.6 Å². The molecule has 0 saturated heterocycles. The average molecular weight is 295 g/mol. The van der Waals surface area contributed by atoms with Gasteiger partial charge in [0, 0.05) is 34.9 Å². The van der Waals surface area contributed by atoms with Crippen LogP contribution in [0.1, 0.15) is 11.3 Å². The van der Waals surface area contributed by atoms with Gasteiger partial charge in [-0.3, -0.25) is 9.97 Å². The zero-order valence-corrected chi connectivity index (χ0v) is 12.3. The Hall–Kier alpha value is -2.19. The summed E-state index contributed by atoms with van der Waals surface area (Å²) in [5.41, 5.74) is 4.57. The minimum absolute atomic E-state index is 0.750. The number of nitrogens with zero attached hydrogens (tertiary/aromatic N) is 2. The Labute approximate surface area is 129 Å². The van der Waals surface area contributed by atoms with Crippen LogP contribution in [0.2, 0.25) is 5.02 Å². The number of aryl methyl sites for hydroxylation is 2. The molecule has 3 heteroatoms. The van der Waals surface area contributed by atoms with Crippen LogP contribution in [-0.2, 0) is 12.8 Å². The fourth-order valence-electron chi connectivity index (χ4n) is 2.20. The molecule has 0 saturated carbocycles. The molecule has 0 aliphatic carbocycles. The Morgan fingerprint density at radius 3 is 2.29 bits per heavy atom. The molecule has 0 spiro atoms. The molecule has 3 aromatic rings. The monoisotopic (exact) mass is 294 g/mol. The summed E-state index contributed by atoms with van der Waals surface area (Å²) >= 11 is 5.90. The maximum absolute atomic E-state index is 5.90. The van der Waals surface area contributed by atoms with E-state index >= 15 is 0 Å². The molecule has 0 fully saturated rings. The van der Waals surface area contributed by atoms with E-state index in [2.05, 4.69) is 28.2 Å². The van der Waals surface area contributed by atoms with E-state index in [0.717, 1.165) is 34.7 Å². The van der Waals surface area contributed by atoms with Crippen molar-refractivity contribution in [2.75, 3.05) is 0 Å². The van der Waals surface area contributed by atoms with E-state index in [0.29, 0.717) is 0 Å². The molecule has 2 nitrogen and oxygen atoms in total. The van der Waals surface area contributed by atoms with E-state index in [9.17, 15) is 0 Å². The quantitative estimate of drug-likeness (QED) is 0.704. The van der Waals surface area contributed by atoms with Gasteiger partial charge in [-0.2, -0.15) is 0 Å². The van der Waals surface area contributed by atoms with Gasteiger partial charge in [0.15, 0.2) is 0 Å². The van der Waals surface area contributed by atoms with E-state index < -0.39 is 0 Å². The summed E-state index contributed by atoms with van der Waals surface area (Å²) in [6.45, 7) is 0. The second-order valence-corrected chi connectivity index (χ2v) is 5.34. The number of benzene rings is 1. The van der Waals surface area contributed by atoms with Crippen LogP contribution in [0.4, 0.5) is 0 Å². The van der Waals surface area contributed by atoms with Crippen LogP contribution in [0.5, 0.6) is 0 Å². The molecule has 0 bridgehead atoms. The molecule has 3 rings (SSSR count). The molecule has 0 radical (unpaired) electrons. The third kappa shape index (κ3) is 3.67. The zero-order valence-electron chi connectivity index (χ0n) is 11.5. The van der Waals surface area contributed by atoms with Crippen molar-refractivity contribution in [1.82, 2.24) is 9.97 Å². The molecule has 0 atom stereocenters. The molecule has 2 heterocycles. The van der Waals surface area contributed by atoms with Crippen LogP contribution in [0.15, 0.2) is 67.1 Å². The summed E-state index contributed by atoms with van der Waals surface area (Å²) in [5, 5.41) is 0.750. The first-order valence-electron chi connectivity index (χ1n) is 6.91. The summed E-state index contributed by atoms with van der Waals surface area (Å²) in [7, 11) is 0. The van der Waals surface area contributed by atoms with Gasteiger partial charge in [-0.1, -0.05) is 35.9 Å². The third-order valence-corrected chi connectivity index (χ3v) is 3.65. The Bertz CT molecular complexity index is 692. The van der Waals surface area contributed by atoms with Crippen molar-refractivity contribution in [3.05, 3.63) is 83.4 Å². The molecule has 1 aromatic carbocycles. The van der Waals surface area contributed by atoms with Gasteiger partial charge in [0.1, 0.15) is 0 Å². The predicted octanol–water partition coefficient (Wildman–Crippen LogP) is 4.58. The largest absolute Gasteiger partial charge is 0.264 e. The van der Waals surface area contributed by atoms with Gasteiger partial charge in [0.2, 0.25) is 0 Å². The molecule has 21 heavy (non-hydrogen) atoms. The van der Waals surface area contributed by atoms with Crippen molar-refractivity contribution in [2.45, 2.75) is 12.8 Å². The van der Waals surface area contributed by atoms with Crippen LogP contribution in [0.3, 0.4) is 0 Å². The highest BCUT2D eigenvalue weighted by atomic mass is 35.5. The fraction of sp³-hybridized carbons (Fsp3) is 0.111. The number of halogens is 1. The van der Waals surface area contributed by atoms with Crippen LogP contribution >= 0.6 is 11.6 Å². The van der Waals surface area contributed by atoms with E-state index in [1.54, 1.807) is 6.20 Å². The van der Waals surface area contributed by atoms with Gasteiger partial charge in [-0.05, 0) is 48.2 Å². The van der Waals surface area contributed by atoms with Crippen LogP contribution in [-0.4, -0.2) is 9.97 Å². The maximum atomic E-state index is 5.90. The molecular weight excluding hydrogens is 280 g/mol. The maximum Gasteiger partial charge on any atom is 0.0407 e. The highest BCUT2D eigenvalue weighted by Gasteiger charge is 2.00. The van der Waals surface area contributed by atoms with Crippen LogP contribution < -0.4 is 0 Å². The highest BCUT2D eigenvalue weighted by molar-refractivity contribution is 6.30. The van der Waals surface area contributed by atoms with Gasteiger partial charge >= 0.3 is 0 Å². The van der Waals surface area contributed by atoms with E-state index in [1.807, 2.05) is 42.7 Å². The number of aromatic nitrogens is 2. The van der Waals surface area contributed by atoms with Crippen molar-refractivity contribution in [2.24, 2.45) is 0 Å². The van der Waals surface area contributed by atoms with Crippen molar-refractivity contribution < 1.29 is 0 Å². The van der Waals surface area contributed by atoms with Gasteiger partial charge in [-0.15, -0.1) is 0 Å². The summed E-state index contributed by atoms with van der Waals surface area (Å²) < 4.78 is 0. The molecule has 104 valence electrons. The Balaban J connectivity index is 1.68. The first-order valence-corrected chi connectivity index (χ1v) is 7.29. The normalized spacial score (nSPS) is 10.5. The van der Waals surface area contributed by atoms with E-state index in [4.69, 9.17) is 11.6 Å². The predicted molar refractivity (Wildman–Crippen MR) is 86.3 cm³/mol. The van der Waals surface area contributed by atoms with Gasteiger partial charge in [-0.25, -0.2) is 0 Å². The average Bonchev–Trinajstić information content (AvgIpc) is 2.55. The van der Waals surface area contributed by atoms with Gasteiger partial charge < -0.3 is 0 Å². The molecule has 2 aromatic heterocycles. The standard InChI is InChI=1S/C18H15ClN2/c19-17-7-4-15(5-8-17)16-6-10-18(21-13-16)9-3-14-2-1-11-20-12-14/h1-2,4-8,10-13H,3,9H2.